The summed E-state index contributed by atoms with van der Waals surface area (Å²) in [6.45, 7) is 0. The summed E-state index contributed by atoms with van der Waals surface area (Å²) in [6, 6.07) is 36.4. The van der Waals surface area contributed by atoms with Crippen LogP contribution in [-0.4, -0.2) is 29.9 Å². The SMILES string of the molecule is [Os].c1cnc2c(c1)ccc1cccnc12.c1cnc2c(c1)ccc1cccnc12.c1cnc2c(c1)ccc1cccnc12. The zero-order valence-corrected chi connectivity index (χ0v) is 25.4. The van der Waals surface area contributed by atoms with E-state index in [9.17, 15) is 0 Å². The van der Waals surface area contributed by atoms with E-state index in [0.29, 0.717) is 0 Å². The van der Waals surface area contributed by atoms with Gasteiger partial charge < -0.3 is 0 Å². The summed E-state index contributed by atoms with van der Waals surface area (Å²) in [4.78, 5) is 26.1. The minimum atomic E-state index is 0. The van der Waals surface area contributed by atoms with E-state index in [-0.39, 0.29) is 19.8 Å². The van der Waals surface area contributed by atoms with Gasteiger partial charge in [0.1, 0.15) is 0 Å². The average molecular weight is 731 g/mol. The average Bonchev–Trinajstić information content (AvgIpc) is 3.09. The van der Waals surface area contributed by atoms with Crippen LogP contribution in [0.5, 0.6) is 0 Å². The van der Waals surface area contributed by atoms with Crippen molar-refractivity contribution in [3.8, 4) is 0 Å². The molecule has 0 saturated heterocycles. The van der Waals surface area contributed by atoms with E-state index in [4.69, 9.17) is 0 Å². The Balaban J connectivity index is 0.000000113. The van der Waals surface area contributed by atoms with Crippen molar-refractivity contribution in [3.63, 3.8) is 0 Å². The van der Waals surface area contributed by atoms with E-state index in [1.807, 2.05) is 36.4 Å². The van der Waals surface area contributed by atoms with Crippen LogP contribution >= 0.6 is 0 Å². The number of rotatable bonds is 0. The van der Waals surface area contributed by atoms with E-state index in [2.05, 4.69) is 103 Å². The first-order chi connectivity index (χ1) is 20.8. The molecule has 9 aromatic rings. The second kappa shape index (κ2) is 12.7. The molecule has 206 valence electrons. The molecule has 0 aliphatic rings. The molecule has 0 bridgehead atoms. The molecule has 6 aromatic heterocycles. The van der Waals surface area contributed by atoms with Crippen molar-refractivity contribution in [1.29, 1.82) is 0 Å². The first-order valence-corrected chi connectivity index (χ1v) is 13.6. The van der Waals surface area contributed by atoms with Crippen molar-refractivity contribution in [2.45, 2.75) is 0 Å². The summed E-state index contributed by atoms with van der Waals surface area (Å²) in [5.74, 6) is 0. The number of fused-ring (bicyclic) bond motifs is 9. The van der Waals surface area contributed by atoms with Crippen molar-refractivity contribution < 1.29 is 19.8 Å². The fraction of sp³-hybridized carbons (Fsp3) is 0. The molecule has 0 amide bonds. The maximum Gasteiger partial charge on any atom is 0.0964 e. The molecule has 0 spiro atoms. The maximum absolute atomic E-state index is 4.35. The van der Waals surface area contributed by atoms with Crippen LogP contribution in [0.15, 0.2) is 146 Å². The van der Waals surface area contributed by atoms with Gasteiger partial charge in [0.25, 0.3) is 0 Å². The first-order valence-electron chi connectivity index (χ1n) is 13.6. The summed E-state index contributed by atoms with van der Waals surface area (Å²) >= 11 is 0. The fourth-order valence-electron chi connectivity index (χ4n) is 5.04. The summed E-state index contributed by atoms with van der Waals surface area (Å²) < 4.78 is 0. The summed E-state index contributed by atoms with van der Waals surface area (Å²) in [5.41, 5.74) is 5.86. The second-order valence-corrected chi connectivity index (χ2v) is 9.65. The van der Waals surface area contributed by atoms with E-state index in [1.165, 1.54) is 0 Å². The molecule has 0 aliphatic heterocycles. The Bertz CT molecular complexity index is 1910. The minimum Gasteiger partial charge on any atom is -0.254 e. The predicted molar refractivity (Wildman–Crippen MR) is 171 cm³/mol. The molecule has 6 nitrogen and oxygen atoms in total. The van der Waals surface area contributed by atoms with Crippen molar-refractivity contribution >= 4 is 65.4 Å². The topological polar surface area (TPSA) is 77.3 Å². The van der Waals surface area contributed by atoms with Gasteiger partial charge in [-0.25, -0.2) is 0 Å². The molecule has 0 saturated carbocycles. The standard InChI is InChI=1S/3C12H8N2.Os/c3*1-3-9-5-6-10-4-2-8-14-12(10)11(9)13-7-1;/h3*1-8H;. The number of pyridine rings is 6. The van der Waals surface area contributed by atoms with Crippen molar-refractivity contribution in [2.75, 3.05) is 0 Å². The number of benzene rings is 3. The zero-order chi connectivity index (χ0) is 28.1. The third-order valence-corrected chi connectivity index (χ3v) is 7.03. The Morgan fingerprint density at radius 1 is 0.233 bits per heavy atom. The van der Waals surface area contributed by atoms with Gasteiger partial charge in [0.05, 0.1) is 33.1 Å². The molecule has 6 heterocycles. The molecule has 0 unspecified atom stereocenters. The van der Waals surface area contributed by atoms with Gasteiger partial charge in [-0.3, -0.25) is 29.9 Å². The molecule has 0 aliphatic carbocycles. The van der Waals surface area contributed by atoms with E-state index >= 15 is 0 Å². The van der Waals surface area contributed by atoms with Gasteiger partial charge in [-0.15, -0.1) is 0 Å². The molecular weight excluding hydrogens is 707 g/mol. The molecule has 7 heteroatoms. The van der Waals surface area contributed by atoms with Crippen LogP contribution in [0.1, 0.15) is 0 Å². The van der Waals surface area contributed by atoms with Gasteiger partial charge in [-0.2, -0.15) is 0 Å². The van der Waals surface area contributed by atoms with Gasteiger partial charge >= 0.3 is 0 Å². The quantitative estimate of drug-likeness (QED) is 0.146. The fourth-order valence-corrected chi connectivity index (χ4v) is 5.04. The largest absolute Gasteiger partial charge is 0.254 e. The van der Waals surface area contributed by atoms with Gasteiger partial charge in [-0.05, 0) is 36.4 Å². The van der Waals surface area contributed by atoms with Crippen LogP contribution in [0.4, 0.5) is 0 Å². The molecule has 0 atom stereocenters. The van der Waals surface area contributed by atoms with Crippen LogP contribution < -0.4 is 0 Å². The van der Waals surface area contributed by atoms with Gasteiger partial charge in [-0.1, -0.05) is 72.8 Å². The Morgan fingerprint density at radius 3 is 0.558 bits per heavy atom. The number of nitrogens with zero attached hydrogens (tertiary/aromatic N) is 6. The van der Waals surface area contributed by atoms with Gasteiger partial charge in [0.15, 0.2) is 0 Å². The van der Waals surface area contributed by atoms with Crippen LogP contribution in [0.3, 0.4) is 0 Å². The second-order valence-electron chi connectivity index (χ2n) is 9.65. The van der Waals surface area contributed by atoms with Gasteiger partial charge in [0.2, 0.25) is 0 Å². The number of hydrogen-bond donors (Lipinski definition) is 0. The van der Waals surface area contributed by atoms with Crippen molar-refractivity contribution in [2.24, 2.45) is 0 Å². The zero-order valence-electron chi connectivity index (χ0n) is 22.9. The van der Waals surface area contributed by atoms with E-state index < -0.39 is 0 Å². The predicted octanol–water partition coefficient (Wildman–Crippen LogP) is 8.35. The van der Waals surface area contributed by atoms with Gasteiger partial charge in [0, 0.05) is 89.3 Å². The molecule has 43 heavy (non-hydrogen) atoms. The molecule has 9 rings (SSSR count). The Labute approximate surface area is 260 Å². The smallest absolute Gasteiger partial charge is 0.0964 e. The molecule has 3 aromatic carbocycles. The third kappa shape index (κ3) is 5.77. The Kier molecular flexibility index (Phi) is 8.26. The summed E-state index contributed by atoms with van der Waals surface area (Å²) in [6.07, 6.45) is 10.8. The Hall–Kier alpha value is -5.24. The monoisotopic (exact) mass is 732 g/mol. The molecule has 0 fully saturated rings. The summed E-state index contributed by atoms with van der Waals surface area (Å²) in [5, 5.41) is 6.83. The Morgan fingerprint density at radius 2 is 0.395 bits per heavy atom. The maximum atomic E-state index is 4.35. The van der Waals surface area contributed by atoms with E-state index in [1.54, 1.807) is 37.2 Å². The molecular formula is C36H24N6Os. The summed E-state index contributed by atoms with van der Waals surface area (Å²) in [7, 11) is 0. The molecule has 0 radical (unpaired) electrons. The minimum absolute atomic E-state index is 0. The van der Waals surface area contributed by atoms with Crippen molar-refractivity contribution in [3.05, 3.63) is 146 Å². The van der Waals surface area contributed by atoms with Crippen molar-refractivity contribution in [1.82, 2.24) is 29.9 Å². The first kappa shape index (κ1) is 27.9. The van der Waals surface area contributed by atoms with Crippen LogP contribution in [0, 0.1) is 0 Å². The normalized spacial score (nSPS) is 10.6. The molecule has 0 N–H and O–H groups in total. The van der Waals surface area contributed by atoms with Crippen LogP contribution in [-0.2, 0) is 19.8 Å². The third-order valence-electron chi connectivity index (χ3n) is 7.03. The van der Waals surface area contributed by atoms with Crippen LogP contribution in [0.25, 0.3) is 65.4 Å². The number of aromatic nitrogens is 6. The number of hydrogen-bond acceptors (Lipinski definition) is 6. The van der Waals surface area contributed by atoms with E-state index in [0.717, 1.165) is 65.4 Å². The van der Waals surface area contributed by atoms with Crippen LogP contribution in [0.2, 0.25) is 0 Å².